The van der Waals surface area contributed by atoms with Crippen molar-refractivity contribution in [2.45, 2.75) is 45.2 Å². The van der Waals surface area contributed by atoms with Crippen molar-refractivity contribution in [1.82, 2.24) is 5.32 Å². The van der Waals surface area contributed by atoms with Crippen LogP contribution in [0.3, 0.4) is 0 Å². The molecule has 24 heavy (non-hydrogen) atoms. The van der Waals surface area contributed by atoms with Gasteiger partial charge in [-0.3, -0.25) is 4.79 Å². The van der Waals surface area contributed by atoms with Gasteiger partial charge in [0.2, 0.25) is 0 Å². The van der Waals surface area contributed by atoms with Gasteiger partial charge in [0.15, 0.2) is 0 Å². The number of benzene rings is 2. The second-order valence-electron chi connectivity index (χ2n) is 6.12. The Labute approximate surface area is 150 Å². The van der Waals surface area contributed by atoms with Crippen LogP contribution in [0.1, 0.15) is 43.0 Å². The fourth-order valence-electron chi connectivity index (χ4n) is 2.84. The molecule has 1 unspecified atom stereocenters. The zero-order valence-corrected chi connectivity index (χ0v) is 15.1. The van der Waals surface area contributed by atoms with E-state index >= 15 is 0 Å². The van der Waals surface area contributed by atoms with Crippen LogP contribution in [-0.2, 0) is 17.6 Å². The summed E-state index contributed by atoms with van der Waals surface area (Å²) in [5, 5.41) is 12.4. The zero-order chi connectivity index (χ0) is 16.7. The van der Waals surface area contributed by atoms with E-state index in [9.17, 15) is 4.79 Å². The lowest BCUT2D eigenvalue weighted by Crippen LogP contribution is -2.30. The molecule has 0 aliphatic heterocycles. The Bertz CT molecular complexity index is 631. The number of hydrogen-bond acceptors (Lipinski definition) is 2. The van der Waals surface area contributed by atoms with Crippen LogP contribution >= 0.6 is 12.4 Å². The Balaban J connectivity index is 0.00000288. The zero-order valence-electron chi connectivity index (χ0n) is 14.2. The normalized spacial score (nSPS) is 12.9. The molecule has 0 bridgehead atoms. The van der Waals surface area contributed by atoms with Gasteiger partial charge in [-0.15, -0.1) is 12.4 Å². The fourth-order valence-corrected chi connectivity index (χ4v) is 2.84. The van der Waals surface area contributed by atoms with E-state index in [0.717, 1.165) is 12.0 Å². The Morgan fingerprint density at radius 3 is 2.38 bits per heavy atom. The summed E-state index contributed by atoms with van der Waals surface area (Å²) in [5.41, 5.74) is 3.62. The van der Waals surface area contributed by atoms with E-state index < -0.39 is 5.97 Å². The van der Waals surface area contributed by atoms with Crippen molar-refractivity contribution in [3.05, 3.63) is 71.3 Å². The highest BCUT2D eigenvalue weighted by molar-refractivity contribution is 5.85. The number of halogens is 1. The van der Waals surface area contributed by atoms with Crippen molar-refractivity contribution >= 4 is 18.4 Å². The molecule has 2 rings (SSSR count). The minimum Gasteiger partial charge on any atom is -0.481 e. The molecule has 2 atom stereocenters. The number of aryl methyl sites for hydroxylation is 1. The van der Waals surface area contributed by atoms with Gasteiger partial charge < -0.3 is 10.4 Å². The Morgan fingerprint density at radius 1 is 1.04 bits per heavy atom. The predicted molar refractivity (Wildman–Crippen MR) is 101 cm³/mol. The van der Waals surface area contributed by atoms with E-state index in [1.54, 1.807) is 0 Å². The van der Waals surface area contributed by atoms with E-state index in [2.05, 4.69) is 55.6 Å². The van der Waals surface area contributed by atoms with E-state index in [0.29, 0.717) is 18.5 Å². The quantitative estimate of drug-likeness (QED) is 0.743. The number of rotatable bonds is 8. The summed E-state index contributed by atoms with van der Waals surface area (Å²) in [7, 11) is 0. The van der Waals surface area contributed by atoms with E-state index in [1.807, 2.05) is 18.2 Å². The third-order valence-corrected chi connectivity index (χ3v) is 3.99. The Kier molecular flexibility index (Phi) is 8.51. The third kappa shape index (κ3) is 6.73. The molecule has 0 aromatic heterocycles. The maximum atomic E-state index is 10.7. The summed E-state index contributed by atoms with van der Waals surface area (Å²) in [5.74, 6) is -0.748. The molecule has 4 heteroatoms. The van der Waals surface area contributed by atoms with Gasteiger partial charge in [0.25, 0.3) is 0 Å². The molecule has 130 valence electrons. The van der Waals surface area contributed by atoms with Crippen LogP contribution in [0, 0.1) is 0 Å². The smallest absolute Gasteiger partial charge is 0.303 e. The van der Waals surface area contributed by atoms with Crippen LogP contribution in [0.25, 0.3) is 0 Å². The number of carbonyl (C=O) groups is 1. The minimum atomic E-state index is -0.748. The third-order valence-electron chi connectivity index (χ3n) is 3.99. The average Bonchev–Trinajstić information content (AvgIpc) is 2.54. The summed E-state index contributed by atoms with van der Waals surface area (Å²) in [6, 6.07) is 19.3. The molecule has 0 aliphatic rings. The summed E-state index contributed by atoms with van der Waals surface area (Å²) in [6.07, 6.45) is 1.70. The Morgan fingerprint density at radius 2 is 1.71 bits per heavy atom. The maximum absolute atomic E-state index is 10.7. The second kappa shape index (κ2) is 10.1. The molecular weight excluding hydrogens is 322 g/mol. The van der Waals surface area contributed by atoms with Crippen LogP contribution in [0.5, 0.6) is 0 Å². The molecule has 0 spiro atoms. The first-order valence-electron chi connectivity index (χ1n) is 8.15. The van der Waals surface area contributed by atoms with Gasteiger partial charge in [0, 0.05) is 18.5 Å². The van der Waals surface area contributed by atoms with Crippen molar-refractivity contribution in [3.8, 4) is 0 Å². The van der Waals surface area contributed by atoms with Crippen molar-refractivity contribution in [2.24, 2.45) is 0 Å². The first-order chi connectivity index (χ1) is 11.0. The molecule has 2 aromatic rings. The molecule has 2 aromatic carbocycles. The standard InChI is InChI=1S/C20H25NO2.ClH/c1-15(21-16(2)19-9-4-3-5-10-19)13-18-8-6-7-17(14-18)11-12-20(22)23;/h3-10,14-16,21H,11-13H2,1-2H3,(H,22,23);1H/t15-,16?;/m1./s1. The summed E-state index contributed by atoms with van der Waals surface area (Å²) < 4.78 is 0. The average molecular weight is 348 g/mol. The lowest BCUT2D eigenvalue weighted by molar-refractivity contribution is -0.136. The van der Waals surface area contributed by atoms with Gasteiger partial charge in [-0.2, -0.15) is 0 Å². The number of carboxylic acid groups (broad SMARTS) is 1. The number of nitrogens with one attached hydrogen (secondary N) is 1. The second-order valence-corrected chi connectivity index (χ2v) is 6.12. The predicted octanol–water partition coefficient (Wildman–Crippen LogP) is 4.41. The largest absolute Gasteiger partial charge is 0.481 e. The van der Waals surface area contributed by atoms with Gasteiger partial charge in [-0.05, 0) is 43.4 Å². The van der Waals surface area contributed by atoms with Crippen molar-refractivity contribution in [1.29, 1.82) is 0 Å². The van der Waals surface area contributed by atoms with E-state index in [-0.39, 0.29) is 18.8 Å². The van der Waals surface area contributed by atoms with Gasteiger partial charge in [0.05, 0.1) is 0 Å². The van der Waals surface area contributed by atoms with Gasteiger partial charge >= 0.3 is 5.97 Å². The highest BCUT2D eigenvalue weighted by Gasteiger charge is 2.10. The minimum absolute atomic E-state index is 0. The summed E-state index contributed by atoms with van der Waals surface area (Å²) in [6.45, 7) is 4.36. The summed E-state index contributed by atoms with van der Waals surface area (Å²) >= 11 is 0. The number of aliphatic carboxylic acids is 1. The molecule has 0 radical (unpaired) electrons. The van der Waals surface area contributed by atoms with Crippen LogP contribution in [0.2, 0.25) is 0 Å². The molecule has 2 N–H and O–H groups in total. The molecule has 0 aliphatic carbocycles. The van der Waals surface area contributed by atoms with Crippen molar-refractivity contribution in [2.75, 3.05) is 0 Å². The first-order valence-corrected chi connectivity index (χ1v) is 8.15. The first kappa shape index (κ1) is 20.2. The van der Waals surface area contributed by atoms with Crippen molar-refractivity contribution < 1.29 is 9.90 Å². The van der Waals surface area contributed by atoms with Gasteiger partial charge in [-0.1, -0.05) is 54.6 Å². The highest BCUT2D eigenvalue weighted by Crippen LogP contribution is 2.14. The molecule has 0 heterocycles. The highest BCUT2D eigenvalue weighted by atomic mass is 35.5. The maximum Gasteiger partial charge on any atom is 0.303 e. The SMILES string of the molecule is CC(N[C@H](C)Cc1cccc(CCC(=O)O)c1)c1ccccc1.Cl. The number of hydrogen-bond donors (Lipinski definition) is 2. The van der Waals surface area contributed by atoms with Gasteiger partial charge in [-0.25, -0.2) is 0 Å². The van der Waals surface area contributed by atoms with Crippen LogP contribution < -0.4 is 5.32 Å². The monoisotopic (exact) mass is 347 g/mol. The molecular formula is C20H26ClNO2. The van der Waals surface area contributed by atoms with Crippen LogP contribution in [0.15, 0.2) is 54.6 Å². The lowest BCUT2D eigenvalue weighted by Gasteiger charge is -2.20. The van der Waals surface area contributed by atoms with Gasteiger partial charge in [0.1, 0.15) is 0 Å². The molecule has 3 nitrogen and oxygen atoms in total. The summed E-state index contributed by atoms with van der Waals surface area (Å²) in [4.78, 5) is 10.7. The Hall–Kier alpha value is -1.84. The lowest BCUT2D eigenvalue weighted by atomic mass is 10.0. The molecule has 0 amide bonds. The topological polar surface area (TPSA) is 49.3 Å². The fraction of sp³-hybridized carbons (Fsp3) is 0.350. The van der Waals surface area contributed by atoms with Crippen molar-refractivity contribution in [3.63, 3.8) is 0 Å². The van der Waals surface area contributed by atoms with Crippen LogP contribution in [-0.4, -0.2) is 17.1 Å². The van der Waals surface area contributed by atoms with Crippen LogP contribution in [0.4, 0.5) is 0 Å². The number of carboxylic acids is 1. The van der Waals surface area contributed by atoms with E-state index in [1.165, 1.54) is 11.1 Å². The molecule has 0 saturated heterocycles. The molecule has 0 saturated carbocycles. The molecule has 0 fully saturated rings. The van der Waals surface area contributed by atoms with E-state index in [4.69, 9.17) is 5.11 Å².